The Morgan fingerprint density at radius 3 is 2.21 bits per heavy atom. The smallest absolute Gasteiger partial charge is 0.00698 e. The topological polar surface area (TPSA) is 29.3 Å². The molecule has 19 heavy (non-hydrogen) atoms. The van der Waals surface area contributed by atoms with Gasteiger partial charge in [0.25, 0.3) is 0 Å². The molecule has 3 unspecified atom stereocenters. The summed E-state index contributed by atoms with van der Waals surface area (Å²) in [4.78, 5) is 2.71. The number of hydrogen-bond acceptors (Lipinski definition) is 2. The normalized spacial score (nSPS) is 39.2. The maximum absolute atomic E-state index is 6.27. The van der Waals surface area contributed by atoms with Crippen LogP contribution >= 0.6 is 0 Å². The van der Waals surface area contributed by atoms with E-state index in [2.05, 4.69) is 39.5 Å². The van der Waals surface area contributed by atoms with Crippen molar-refractivity contribution in [3.63, 3.8) is 0 Å². The molecular weight excluding hydrogens is 232 g/mol. The first kappa shape index (κ1) is 15.3. The van der Waals surface area contributed by atoms with Crippen molar-refractivity contribution in [2.45, 2.75) is 66.3 Å². The van der Waals surface area contributed by atoms with E-state index < -0.39 is 0 Å². The third-order valence-corrected chi connectivity index (χ3v) is 6.40. The fourth-order valence-corrected chi connectivity index (χ4v) is 3.92. The maximum Gasteiger partial charge on any atom is 0.00698 e. The van der Waals surface area contributed by atoms with Gasteiger partial charge in [-0.05, 0) is 61.4 Å². The Morgan fingerprint density at radius 2 is 1.63 bits per heavy atom. The van der Waals surface area contributed by atoms with Crippen LogP contribution in [0.15, 0.2) is 0 Å². The molecule has 0 aromatic rings. The summed E-state index contributed by atoms with van der Waals surface area (Å²) in [5, 5.41) is 0. The number of likely N-dealkylation sites (tertiary alicyclic amines) is 1. The van der Waals surface area contributed by atoms with Crippen molar-refractivity contribution < 1.29 is 0 Å². The lowest BCUT2D eigenvalue weighted by atomic mass is 9.61. The van der Waals surface area contributed by atoms with Gasteiger partial charge in [0.1, 0.15) is 0 Å². The summed E-state index contributed by atoms with van der Waals surface area (Å²) >= 11 is 0. The van der Waals surface area contributed by atoms with Crippen molar-refractivity contribution in [2.75, 3.05) is 19.6 Å². The largest absolute Gasteiger partial charge is 0.327 e. The Balaban J connectivity index is 1.92. The Labute approximate surface area is 120 Å². The summed E-state index contributed by atoms with van der Waals surface area (Å²) < 4.78 is 0. The molecule has 112 valence electrons. The molecule has 1 heterocycles. The molecule has 2 aliphatic rings. The van der Waals surface area contributed by atoms with Gasteiger partial charge >= 0.3 is 0 Å². The minimum Gasteiger partial charge on any atom is -0.327 e. The molecule has 1 aliphatic heterocycles. The van der Waals surface area contributed by atoms with Gasteiger partial charge < -0.3 is 10.6 Å². The number of piperidine rings is 1. The summed E-state index contributed by atoms with van der Waals surface area (Å²) in [6.45, 7) is 15.9. The van der Waals surface area contributed by atoms with Crippen LogP contribution in [-0.2, 0) is 0 Å². The highest BCUT2D eigenvalue weighted by molar-refractivity contribution is 4.95. The van der Waals surface area contributed by atoms with Gasteiger partial charge in [0.2, 0.25) is 0 Å². The molecule has 0 bridgehead atoms. The second-order valence-corrected chi connectivity index (χ2v) is 8.51. The molecule has 0 spiro atoms. The summed E-state index contributed by atoms with van der Waals surface area (Å²) in [6.07, 6.45) is 5.25. The van der Waals surface area contributed by atoms with Crippen LogP contribution in [0.4, 0.5) is 0 Å². The molecule has 2 nitrogen and oxygen atoms in total. The molecule has 0 radical (unpaired) electrons. The fraction of sp³-hybridized carbons (Fsp3) is 1.00. The van der Waals surface area contributed by atoms with E-state index in [1.54, 1.807) is 0 Å². The molecule has 1 saturated heterocycles. The monoisotopic (exact) mass is 266 g/mol. The minimum absolute atomic E-state index is 0.393. The van der Waals surface area contributed by atoms with Crippen molar-refractivity contribution in [2.24, 2.45) is 28.4 Å². The third-order valence-electron chi connectivity index (χ3n) is 6.40. The predicted molar refractivity (Wildman–Crippen MR) is 83.1 cm³/mol. The van der Waals surface area contributed by atoms with Gasteiger partial charge in [-0.25, -0.2) is 0 Å². The van der Waals surface area contributed by atoms with E-state index in [-0.39, 0.29) is 0 Å². The van der Waals surface area contributed by atoms with E-state index >= 15 is 0 Å². The first-order valence-electron chi connectivity index (χ1n) is 8.20. The van der Waals surface area contributed by atoms with E-state index in [4.69, 9.17) is 5.73 Å². The average molecular weight is 266 g/mol. The Morgan fingerprint density at radius 1 is 1.05 bits per heavy atom. The van der Waals surface area contributed by atoms with E-state index in [1.807, 2.05) is 0 Å². The second kappa shape index (κ2) is 5.37. The molecule has 0 amide bonds. The Kier molecular flexibility index (Phi) is 4.32. The quantitative estimate of drug-likeness (QED) is 0.829. The van der Waals surface area contributed by atoms with Crippen LogP contribution < -0.4 is 5.73 Å². The zero-order valence-electron chi connectivity index (χ0n) is 13.7. The molecule has 2 heteroatoms. The van der Waals surface area contributed by atoms with E-state index in [0.717, 1.165) is 5.92 Å². The average Bonchev–Trinajstić information content (AvgIpc) is 2.33. The first-order valence-corrected chi connectivity index (χ1v) is 8.20. The Hall–Kier alpha value is -0.0800. The van der Waals surface area contributed by atoms with Crippen molar-refractivity contribution in [1.29, 1.82) is 0 Å². The lowest BCUT2D eigenvalue weighted by Crippen LogP contribution is -2.51. The van der Waals surface area contributed by atoms with Crippen molar-refractivity contribution in [3.8, 4) is 0 Å². The minimum atomic E-state index is 0.393. The lowest BCUT2D eigenvalue weighted by molar-refractivity contribution is 0.0150. The highest BCUT2D eigenvalue weighted by Crippen LogP contribution is 2.45. The van der Waals surface area contributed by atoms with Crippen LogP contribution in [0.1, 0.15) is 60.3 Å². The van der Waals surface area contributed by atoms with Gasteiger partial charge in [-0.15, -0.1) is 0 Å². The Bertz CT molecular complexity index is 298. The van der Waals surface area contributed by atoms with Gasteiger partial charge in [0.15, 0.2) is 0 Å². The zero-order valence-corrected chi connectivity index (χ0v) is 13.7. The van der Waals surface area contributed by atoms with Crippen LogP contribution in [0.5, 0.6) is 0 Å². The van der Waals surface area contributed by atoms with Crippen LogP contribution in [0.2, 0.25) is 0 Å². The highest BCUT2D eigenvalue weighted by atomic mass is 15.1. The maximum atomic E-state index is 6.27. The van der Waals surface area contributed by atoms with E-state index in [0.29, 0.717) is 22.8 Å². The third kappa shape index (κ3) is 3.33. The van der Waals surface area contributed by atoms with Crippen molar-refractivity contribution in [3.05, 3.63) is 0 Å². The van der Waals surface area contributed by atoms with Gasteiger partial charge in [0.05, 0.1) is 0 Å². The number of nitrogens with two attached hydrogens (primary N) is 1. The highest BCUT2D eigenvalue weighted by Gasteiger charge is 2.42. The number of rotatable bonds is 2. The van der Waals surface area contributed by atoms with Crippen LogP contribution in [0.25, 0.3) is 0 Å². The molecular formula is C17H34N2. The molecule has 0 aromatic carbocycles. The van der Waals surface area contributed by atoms with Gasteiger partial charge in [0, 0.05) is 12.6 Å². The standard InChI is InChI=1S/C17H34N2/c1-13-15(18)7-6-14(17(13,4)5)12-19-10-8-16(2,3)9-11-19/h13-15H,6-12,18H2,1-5H3. The molecule has 2 fully saturated rings. The molecule has 1 saturated carbocycles. The zero-order chi connectivity index (χ0) is 14.3. The van der Waals surface area contributed by atoms with Gasteiger partial charge in [-0.2, -0.15) is 0 Å². The molecule has 3 atom stereocenters. The fourth-order valence-electron chi connectivity index (χ4n) is 3.92. The second-order valence-electron chi connectivity index (χ2n) is 8.51. The molecule has 2 rings (SSSR count). The number of nitrogens with zero attached hydrogens (tertiary/aromatic N) is 1. The molecule has 1 aliphatic carbocycles. The van der Waals surface area contributed by atoms with Gasteiger partial charge in [-0.1, -0.05) is 34.6 Å². The van der Waals surface area contributed by atoms with Crippen LogP contribution in [0.3, 0.4) is 0 Å². The van der Waals surface area contributed by atoms with E-state index in [9.17, 15) is 0 Å². The summed E-state index contributed by atoms with van der Waals surface area (Å²) in [7, 11) is 0. The van der Waals surface area contributed by atoms with Crippen LogP contribution in [-0.4, -0.2) is 30.6 Å². The van der Waals surface area contributed by atoms with Crippen LogP contribution in [0, 0.1) is 22.7 Å². The summed E-state index contributed by atoms with van der Waals surface area (Å²) in [6, 6.07) is 0.409. The number of hydrogen-bond donors (Lipinski definition) is 1. The first-order chi connectivity index (χ1) is 8.72. The van der Waals surface area contributed by atoms with Crippen molar-refractivity contribution in [1.82, 2.24) is 4.90 Å². The van der Waals surface area contributed by atoms with E-state index in [1.165, 1.54) is 45.3 Å². The summed E-state index contributed by atoms with van der Waals surface area (Å²) in [5.74, 6) is 1.47. The SMILES string of the molecule is CC1C(N)CCC(CN2CCC(C)(C)CC2)C1(C)C. The molecule has 2 N–H and O–H groups in total. The van der Waals surface area contributed by atoms with Crippen molar-refractivity contribution >= 4 is 0 Å². The lowest BCUT2D eigenvalue weighted by Gasteiger charge is -2.49. The predicted octanol–water partition coefficient (Wildman–Crippen LogP) is 3.51. The molecule has 0 aromatic heterocycles. The van der Waals surface area contributed by atoms with Gasteiger partial charge in [-0.3, -0.25) is 0 Å². The summed E-state index contributed by atoms with van der Waals surface area (Å²) in [5.41, 5.74) is 7.23.